The largest absolute Gasteiger partial charge is 0.350 e. The van der Waals surface area contributed by atoms with Crippen LogP contribution in [-0.4, -0.2) is 36.3 Å². The molecule has 134 valence electrons. The lowest BCUT2D eigenvalue weighted by molar-refractivity contribution is 0.0755. The van der Waals surface area contributed by atoms with Gasteiger partial charge < -0.3 is 10.2 Å². The van der Waals surface area contributed by atoms with E-state index in [0.717, 1.165) is 11.3 Å². The van der Waals surface area contributed by atoms with Crippen molar-refractivity contribution in [1.29, 1.82) is 0 Å². The molecule has 2 heterocycles. The molecule has 2 aromatic heterocycles. The minimum atomic E-state index is -0.0911. The quantitative estimate of drug-likeness (QED) is 0.640. The summed E-state index contributed by atoms with van der Waals surface area (Å²) in [5.41, 5.74) is 1.19. The zero-order valence-corrected chi connectivity index (χ0v) is 15.9. The first-order chi connectivity index (χ1) is 12.7. The molecule has 0 aliphatic carbocycles. The second kappa shape index (κ2) is 9.31. The van der Waals surface area contributed by atoms with E-state index in [9.17, 15) is 9.59 Å². The lowest BCUT2D eigenvalue weighted by Crippen LogP contribution is -2.39. The molecule has 6 heteroatoms. The Morgan fingerprint density at radius 1 is 0.846 bits per heavy atom. The van der Waals surface area contributed by atoms with Crippen LogP contribution < -0.4 is 5.32 Å². The number of thiophene rings is 2. The highest BCUT2D eigenvalue weighted by Gasteiger charge is 2.17. The Hall–Kier alpha value is -2.44. The van der Waals surface area contributed by atoms with Crippen molar-refractivity contribution in [3.05, 3.63) is 80.7 Å². The molecule has 3 rings (SSSR count). The summed E-state index contributed by atoms with van der Waals surface area (Å²) in [5, 5.41) is 6.68. The summed E-state index contributed by atoms with van der Waals surface area (Å²) in [4.78, 5) is 28.0. The Balaban J connectivity index is 1.58. The van der Waals surface area contributed by atoms with E-state index < -0.39 is 0 Å². The molecule has 0 aliphatic heterocycles. The van der Waals surface area contributed by atoms with Gasteiger partial charge in [-0.2, -0.15) is 0 Å². The summed E-state index contributed by atoms with van der Waals surface area (Å²) < 4.78 is 0. The molecule has 0 bridgehead atoms. The lowest BCUT2D eigenvalue weighted by atomic mass is 10.1. The Kier molecular flexibility index (Phi) is 6.57. The zero-order valence-electron chi connectivity index (χ0n) is 14.3. The molecule has 1 N–H and O–H groups in total. The fraction of sp³-hybridized carbons (Fsp3) is 0.200. The van der Waals surface area contributed by atoms with Crippen LogP contribution in [0.25, 0.3) is 0 Å². The van der Waals surface area contributed by atoms with Gasteiger partial charge in [-0.25, -0.2) is 0 Å². The third-order valence-electron chi connectivity index (χ3n) is 3.94. The smallest absolute Gasteiger partial charge is 0.263 e. The summed E-state index contributed by atoms with van der Waals surface area (Å²) in [5.74, 6) is -0.0760. The van der Waals surface area contributed by atoms with Crippen LogP contribution in [-0.2, 0) is 6.42 Å². The minimum Gasteiger partial charge on any atom is -0.350 e. The van der Waals surface area contributed by atoms with Crippen molar-refractivity contribution in [3.63, 3.8) is 0 Å². The minimum absolute atomic E-state index is 0.0151. The Bertz CT molecular complexity index is 815. The van der Waals surface area contributed by atoms with Gasteiger partial charge in [0.2, 0.25) is 0 Å². The lowest BCUT2D eigenvalue weighted by Gasteiger charge is -2.22. The molecule has 26 heavy (non-hydrogen) atoms. The van der Waals surface area contributed by atoms with E-state index in [1.165, 1.54) is 28.2 Å². The van der Waals surface area contributed by atoms with Gasteiger partial charge in [0.1, 0.15) is 0 Å². The van der Waals surface area contributed by atoms with E-state index in [-0.39, 0.29) is 11.8 Å². The second-order valence-electron chi connectivity index (χ2n) is 5.74. The number of amides is 2. The standard InChI is InChI=1S/C20H20N2O2S2/c23-19(17-8-4-14-25-17)21-11-13-22(20(24)18-9-5-15-26-18)12-10-16-6-2-1-3-7-16/h1-9,14-15H,10-13H2,(H,21,23). The average Bonchev–Trinajstić information content (AvgIpc) is 3.38. The number of nitrogens with one attached hydrogen (secondary N) is 1. The summed E-state index contributed by atoms with van der Waals surface area (Å²) in [6.07, 6.45) is 0.789. The first kappa shape index (κ1) is 18.4. The van der Waals surface area contributed by atoms with Gasteiger partial charge in [0, 0.05) is 19.6 Å². The number of benzene rings is 1. The van der Waals surface area contributed by atoms with Crippen LogP contribution in [0.15, 0.2) is 65.4 Å². The van der Waals surface area contributed by atoms with Crippen LogP contribution in [0.2, 0.25) is 0 Å². The zero-order chi connectivity index (χ0) is 18.2. The molecule has 3 aromatic rings. The van der Waals surface area contributed by atoms with Crippen molar-refractivity contribution in [2.45, 2.75) is 6.42 Å². The van der Waals surface area contributed by atoms with Crippen LogP contribution in [0.1, 0.15) is 24.9 Å². The number of carbonyl (C=O) groups is 2. The molecule has 0 radical (unpaired) electrons. The number of carbonyl (C=O) groups excluding carboxylic acids is 2. The molecule has 0 spiro atoms. The maximum Gasteiger partial charge on any atom is 0.263 e. The van der Waals surface area contributed by atoms with Crippen molar-refractivity contribution in [3.8, 4) is 0 Å². The van der Waals surface area contributed by atoms with Gasteiger partial charge in [-0.05, 0) is 34.9 Å². The Morgan fingerprint density at radius 3 is 2.19 bits per heavy atom. The third kappa shape index (κ3) is 5.03. The third-order valence-corrected chi connectivity index (χ3v) is 5.67. The summed E-state index contributed by atoms with van der Waals surface area (Å²) in [7, 11) is 0. The molecule has 4 nitrogen and oxygen atoms in total. The van der Waals surface area contributed by atoms with Crippen LogP contribution in [0.4, 0.5) is 0 Å². The normalized spacial score (nSPS) is 10.5. The molecule has 2 amide bonds. The van der Waals surface area contributed by atoms with Gasteiger partial charge in [0.25, 0.3) is 11.8 Å². The molecular formula is C20H20N2O2S2. The molecule has 0 saturated carbocycles. The fourth-order valence-electron chi connectivity index (χ4n) is 2.58. The van der Waals surface area contributed by atoms with E-state index in [1.54, 1.807) is 6.07 Å². The van der Waals surface area contributed by atoms with Crippen molar-refractivity contribution in [1.82, 2.24) is 10.2 Å². The fourth-order valence-corrected chi connectivity index (χ4v) is 3.91. The molecule has 0 saturated heterocycles. The average molecular weight is 385 g/mol. The van der Waals surface area contributed by atoms with E-state index >= 15 is 0 Å². The van der Waals surface area contributed by atoms with Gasteiger partial charge in [-0.3, -0.25) is 9.59 Å². The molecule has 0 fully saturated rings. The van der Waals surface area contributed by atoms with Crippen molar-refractivity contribution >= 4 is 34.5 Å². The first-order valence-electron chi connectivity index (χ1n) is 8.42. The topological polar surface area (TPSA) is 49.4 Å². The van der Waals surface area contributed by atoms with Gasteiger partial charge in [-0.1, -0.05) is 42.5 Å². The predicted molar refractivity (Wildman–Crippen MR) is 107 cm³/mol. The van der Waals surface area contributed by atoms with Crippen LogP contribution in [0, 0.1) is 0 Å². The molecule has 0 atom stereocenters. The number of hydrogen-bond acceptors (Lipinski definition) is 4. The van der Waals surface area contributed by atoms with E-state index in [1.807, 2.05) is 52.1 Å². The number of hydrogen-bond donors (Lipinski definition) is 1. The molecule has 0 aliphatic rings. The summed E-state index contributed by atoms with van der Waals surface area (Å²) >= 11 is 2.85. The first-order valence-corrected chi connectivity index (χ1v) is 10.2. The molecule has 0 unspecified atom stereocenters. The van der Waals surface area contributed by atoms with Crippen molar-refractivity contribution in [2.75, 3.05) is 19.6 Å². The highest BCUT2D eigenvalue weighted by atomic mass is 32.1. The van der Waals surface area contributed by atoms with Gasteiger partial charge in [0.15, 0.2) is 0 Å². The highest BCUT2D eigenvalue weighted by Crippen LogP contribution is 2.13. The van der Waals surface area contributed by atoms with Crippen molar-refractivity contribution in [2.24, 2.45) is 0 Å². The maximum atomic E-state index is 12.8. The monoisotopic (exact) mass is 384 g/mol. The Labute approximate surface area is 161 Å². The van der Waals surface area contributed by atoms with Gasteiger partial charge >= 0.3 is 0 Å². The van der Waals surface area contributed by atoms with Gasteiger partial charge in [-0.15, -0.1) is 22.7 Å². The second-order valence-corrected chi connectivity index (χ2v) is 7.63. The molecular weight excluding hydrogens is 364 g/mol. The highest BCUT2D eigenvalue weighted by molar-refractivity contribution is 7.12. The van der Waals surface area contributed by atoms with Crippen LogP contribution >= 0.6 is 22.7 Å². The van der Waals surface area contributed by atoms with E-state index in [0.29, 0.717) is 24.5 Å². The maximum absolute atomic E-state index is 12.8. The van der Waals surface area contributed by atoms with Gasteiger partial charge in [0.05, 0.1) is 9.75 Å². The van der Waals surface area contributed by atoms with Crippen LogP contribution in [0.5, 0.6) is 0 Å². The van der Waals surface area contributed by atoms with Crippen LogP contribution in [0.3, 0.4) is 0 Å². The number of nitrogens with zero attached hydrogens (tertiary/aromatic N) is 1. The van der Waals surface area contributed by atoms with E-state index in [4.69, 9.17) is 0 Å². The summed E-state index contributed by atoms with van der Waals surface area (Å²) in [6, 6.07) is 17.5. The number of rotatable bonds is 8. The van der Waals surface area contributed by atoms with Crippen molar-refractivity contribution < 1.29 is 9.59 Å². The SMILES string of the molecule is O=C(NCCN(CCc1ccccc1)C(=O)c1cccs1)c1cccs1. The van der Waals surface area contributed by atoms with E-state index in [2.05, 4.69) is 17.4 Å². The predicted octanol–water partition coefficient (Wildman–Crippen LogP) is 3.92. The molecule has 1 aromatic carbocycles. The Morgan fingerprint density at radius 2 is 1.54 bits per heavy atom. The summed E-state index contributed by atoms with van der Waals surface area (Å²) in [6.45, 7) is 1.54.